The van der Waals surface area contributed by atoms with Gasteiger partial charge in [-0.05, 0) is 18.2 Å². The van der Waals surface area contributed by atoms with Gasteiger partial charge in [0.05, 0.1) is 12.8 Å². The van der Waals surface area contributed by atoms with Crippen LogP contribution < -0.4 is 10.5 Å². The van der Waals surface area contributed by atoms with Crippen LogP contribution in [0.2, 0.25) is 0 Å². The lowest BCUT2D eigenvalue weighted by atomic mass is 10.1. The molecule has 2 aromatic heterocycles. The first-order valence-electron chi connectivity index (χ1n) is 6.03. The van der Waals surface area contributed by atoms with E-state index in [-0.39, 0.29) is 0 Å². The van der Waals surface area contributed by atoms with Crippen molar-refractivity contribution in [2.75, 3.05) is 12.8 Å². The van der Waals surface area contributed by atoms with Gasteiger partial charge in [-0.2, -0.15) is 5.10 Å². The second-order valence-electron chi connectivity index (χ2n) is 4.61. The van der Waals surface area contributed by atoms with Crippen molar-refractivity contribution < 1.29 is 4.74 Å². The van der Waals surface area contributed by atoms with Gasteiger partial charge in [-0.15, -0.1) is 0 Å². The Morgan fingerprint density at radius 3 is 2.63 bits per heavy atom. The average molecular weight is 256 g/mol. The predicted octanol–water partition coefficient (Wildman–Crippen LogP) is 2.17. The lowest BCUT2D eigenvalue weighted by Gasteiger charge is -2.02. The summed E-state index contributed by atoms with van der Waals surface area (Å²) in [6.45, 7) is 0. The summed E-state index contributed by atoms with van der Waals surface area (Å²) in [4.78, 5) is 0. The molecule has 1 aromatic carbocycles. The zero-order valence-electron chi connectivity index (χ0n) is 11.2. The van der Waals surface area contributed by atoms with Gasteiger partial charge in [-0.25, -0.2) is 0 Å². The Morgan fingerprint density at radius 2 is 2.00 bits per heavy atom. The van der Waals surface area contributed by atoms with Crippen LogP contribution in [-0.2, 0) is 14.1 Å². The Hall–Kier alpha value is -2.43. The van der Waals surface area contributed by atoms with Gasteiger partial charge in [-0.3, -0.25) is 4.68 Å². The van der Waals surface area contributed by atoms with Gasteiger partial charge in [0, 0.05) is 42.8 Å². The van der Waals surface area contributed by atoms with Crippen LogP contribution in [-0.4, -0.2) is 21.5 Å². The molecule has 0 bridgehead atoms. The first-order chi connectivity index (χ1) is 9.10. The summed E-state index contributed by atoms with van der Waals surface area (Å²) < 4.78 is 9.19. The maximum atomic E-state index is 5.76. The molecule has 0 aliphatic carbocycles. The third-order valence-corrected chi connectivity index (χ3v) is 3.37. The number of rotatable bonds is 2. The number of aryl methyl sites for hydroxylation is 2. The van der Waals surface area contributed by atoms with Gasteiger partial charge in [-0.1, -0.05) is 0 Å². The molecule has 0 atom stereocenters. The Morgan fingerprint density at radius 1 is 1.21 bits per heavy atom. The summed E-state index contributed by atoms with van der Waals surface area (Å²) in [6.07, 6.45) is 2.08. The molecule has 0 aliphatic heterocycles. The largest absolute Gasteiger partial charge is 0.497 e. The molecule has 0 fully saturated rings. The van der Waals surface area contributed by atoms with Crippen LogP contribution >= 0.6 is 0 Å². The topological polar surface area (TPSA) is 58.0 Å². The normalized spacial score (nSPS) is 11.1. The minimum atomic E-state index is 0.525. The van der Waals surface area contributed by atoms with E-state index in [0.717, 1.165) is 27.9 Å². The fourth-order valence-corrected chi connectivity index (χ4v) is 2.44. The van der Waals surface area contributed by atoms with Gasteiger partial charge < -0.3 is 15.0 Å². The molecule has 5 heteroatoms. The molecule has 3 rings (SSSR count). The van der Waals surface area contributed by atoms with Gasteiger partial charge in [0.2, 0.25) is 0 Å². The maximum Gasteiger partial charge on any atom is 0.146 e. The van der Waals surface area contributed by atoms with E-state index < -0.39 is 0 Å². The van der Waals surface area contributed by atoms with E-state index in [9.17, 15) is 0 Å². The third-order valence-electron chi connectivity index (χ3n) is 3.37. The third kappa shape index (κ3) is 1.74. The summed E-state index contributed by atoms with van der Waals surface area (Å²) in [5.74, 6) is 1.37. The molecule has 0 saturated carbocycles. The van der Waals surface area contributed by atoms with E-state index in [1.54, 1.807) is 11.8 Å². The quantitative estimate of drug-likeness (QED) is 0.764. The molecule has 2 N–H and O–H groups in total. The van der Waals surface area contributed by atoms with Crippen molar-refractivity contribution in [2.24, 2.45) is 14.1 Å². The molecule has 2 heterocycles. The molecule has 0 aliphatic rings. The van der Waals surface area contributed by atoms with Gasteiger partial charge in [0.1, 0.15) is 11.6 Å². The molecule has 98 valence electrons. The second-order valence-corrected chi connectivity index (χ2v) is 4.61. The van der Waals surface area contributed by atoms with Crippen LogP contribution in [0.5, 0.6) is 5.75 Å². The van der Waals surface area contributed by atoms with Crippen molar-refractivity contribution in [2.45, 2.75) is 0 Å². The first-order valence-corrected chi connectivity index (χ1v) is 6.03. The number of fused-ring (bicyclic) bond motifs is 1. The van der Waals surface area contributed by atoms with Crippen LogP contribution in [0.3, 0.4) is 0 Å². The van der Waals surface area contributed by atoms with E-state index in [0.29, 0.717) is 5.82 Å². The van der Waals surface area contributed by atoms with E-state index in [4.69, 9.17) is 10.5 Å². The highest BCUT2D eigenvalue weighted by atomic mass is 16.5. The van der Waals surface area contributed by atoms with Crippen LogP contribution in [0.25, 0.3) is 22.2 Å². The fraction of sp³-hybridized carbons (Fsp3) is 0.214. The molecule has 0 amide bonds. The van der Waals surface area contributed by atoms with Gasteiger partial charge >= 0.3 is 0 Å². The number of methoxy groups -OCH3 is 1. The maximum absolute atomic E-state index is 5.76. The summed E-state index contributed by atoms with van der Waals surface area (Å²) in [5, 5.41) is 5.33. The van der Waals surface area contributed by atoms with Crippen molar-refractivity contribution in [3.05, 3.63) is 30.5 Å². The van der Waals surface area contributed by atoms with E-state index in [1.165, 1.54) is 0 Å². The first kappa shape index (κ1) is 11.6. The lowest BCUT2D eigenvalue weighted by molar-refractivity contribution is 0.415. The number of aromatic nitrogens is 3. The predicted molar refractivity (Wildman–Crippen MR) is 76.1 cm³/mol. The van der Waals surface area contributed by atoms with Crippen LogP contribution in [0.15, 0.2) is 30.5 Å². The highest BCUT2D eigenvalue weighted by Crippen LogP contribution is 2.33. The second kappa shape index (κ2) is 4.05. The summed E-state index contributed by atoms with van der Waals surface area (Å²) in [7, 11) is 5.59. The Bertz CT molecular complexity index is 754. The minimum absolute atomic E-state index is 0.525. The molecule has 19 heavy (non-hydrogen) atoms. The lowest BCUT2D eigenvalue weighted by Crippen LogP contribution is -1.94. The van der Waals surface area contributed by atoms with Gasteiger partial charge in [0.25, 0.3) is 0 Å². The van der Waals surface area contributed by atoms with Crippen molar-refractivity contribution in [1.82, 2.24) is 14.3 Å². The number of nitrogens with two attached hydrogens (primary N) is 1. The standard InChI is InChI=1S/C14H16N4O/c1-17-8-11(13-7-14(15)16-18(13)2)10-6-9(19-3)4-5-12(10)17/h4-8H,1-3H3,(H2,15,16). The molecule has 5 nitrogen and oxygen atoms in total. The number of hydrogen-bond donors (Lipinski definition) is 1. The molecule has 3 aromatic rings. The van der Waals surface area contributed by atoms with Crippen molar-refractivity contribution in [3.8, 4) is 17.0 Å². The zero-order valence-corrected chi connectivity index (χ0v) is 11.2. The van der Waals surface area contributed by atoms with Crippen molar-refractivity contribution in [1.29, 1.82) is 0 Å². The SMILES string of the molecule is COc1ccc2c(c1)c(-c1cc(N)nn1C)cn2C. The fourth-order valence-electron chi connectivity index (χ4n) is 2.44. The van der Waals surface area contributed by atoms with E-state index in [2.05, 4.69) is 21.9 Å². The van der Waals surface area contributed by atoms with Crippen LogP contribution in [0.1, 0.15) is 0 Å². The minimum Gasteiger partial charge on any atom is -0.497 e. The Balaban J connectivity index is 2.31. The molecule has 0 saturated heterocycles. The number of hydrogen-bond acceptors (Lipinski definition) is 3. The van der Waals surface area contributed by atoms with Crippen LogP contribution in [0, 0.1) is 0 Å². The molecular weight excluding hydrogens is 240 g/mol. The smallest absolute Gasteiger partial charge is 0.146 e. The number of benzene rings is 1. The van der Waals surface area contributed by atoms with E-state index in [1.807, 2.05) is 32.3 Å². The number of ether oxygens (including phenoxy) is 1. The molecular formula is C14H16N4O. The number of nitrogen functional groups attached to an aromatic ring is 1. The van der Waals surface area contributed by atoms with Crippen LogP contribution in [0.4, 0.5) is 5.82 Å². The number of nitrogens with zero attached hydrogens (tertiary/aromatic N) is 3. The van der Waals surface area contributed by atoms with Crippen molar-refractivity contribution in [3.63, 3.8) is 0 Å². The molecule has 0 unspecified atom stereocenters. The summed E-state index contributed by atoms with van der Waals surface area (Å²) in [5.41, 5.74) is 9.01. The van der Waals surface area contributed by atoms with Crippen molar-refractivity contribution >= 4 is 16.7 Å². The number of anilines is 1. The zero-order chi connectivity index (χ0) is 13.6. The van der Waals surface area contributed by atoms with Gasteiger partial charge in [0.15, 0.2) is 0 Å². The summed E-state index contributed by atoms with van der Waals surface area (Å²) >= 11 is 0. The molecule has 0 radical (unpaired) electrons. The monoisotopic (exact) mass is 256 g/mol. The Kier molecular flexibility index (Phi) is 2.48. The average Bonchev–Trinajstić information content (AvgIpc) is 2.89. The highest BCUT2D eigenvalue weighted by molar-refractivity contribution is 5.96. The van der Waals surface area contributed by atoms with E-state index >= 15 is 0 Å². The highest BCUT2D eigenvalue weighted by Gasteiger charge is 2.13. The Labute approximate surface area is 111 Å². The summed E-state index contributed by atoms with van der Waals surface area (Å²) in [6, 6.07) is 7.93. The molecule has 0 spiro atoms.